The quantitative estimate of drug-likeness (QED) is 0.589. The predicted octanol–water partition coefficient (Wildman–Crippen LogP) is 6.01. The Morgan fingerprint density at radius 1 is 1.23 bits per heavy atom. The van der Waals surface area contributed by atoms with Crippen LogP contribution in [0.3, 0.4) is 0 Å². The molecule has 2 unspecified atom stereocenters. The van der Waals surface area contributed by atoms with E-state index in [-0.39, 0.29) is 25.5 Å². The van der Waals surface area contributed by atoms with Crippen molar-refractivity contribution in [2.45, 2.75) is 32.5 Å². The minimum atomic E-state index is -0.286. The molecule has 26 heavy (non-hydrogen) atoms. The van der Waals surface area contributed by atoms with Crippen LogP contribution < -0.4 is 4.74 Å². The first-order chi connectivity index (χ1) is 12.3. The molecule has 2 aromatic rings. The first kappa shape index (κ1) is 19.4. The van der Waals surface area contributed by atoms with Gasteiger partial charge < -0.3 is 14.9 Å². The Hall–Kier alpha value is -1.35. The summed E-state index contributed by atoms with van der Waals surface area (Å²) in [7, 11) is -0.286. The molecule has 1 heterocycles. The number of nitrogens with zero attached hydrogens (tertiary/aromatic N) is 1. The molecule has 140 valence electrons. The zero-order valence-electron chi connectivity index (χ0n) is 15.0. The van der Waals surface area contributed by atoms with Gasteiger partial charge in [0, 0.05) is 17.2 Å². The van der Waals surface area contributed by atoms with Crippen molar-refractivity contribution >= 4 is 37.2 Å². The lowest BCUT2D eigenvalue weighted by Crippen LogP contribution is -2.11. The van der Waals surface area contributed by atoms with E-state index in [0.717, 1.165) is 18.1 Å². The van der Waals surface area contributed by atoms with Crippen LogP contribution in [0.1, 0.15) is 31.4 Å². The van der Waals surface area contributed by atoms with Gasteiger partial charge in [0.25, 0.3) is 0 Å². The molecule has 1 aromatic heterocycles. The summed E-state index contributed by atoms with van der Waals surface area (Å²) in [5.74, 6) is 0.478. The van der Waals surface area contributed by atoms with Crippen LogP contribution in [-0.2, 0) is 6.42 Å². The van der Waals surface area contributed by atoms with Gasteiger partial charge in [0.05, 0.1) is 15.7 Å². The third-order valence-corrected chi connectivity index (χ3v) is 7.71. The summed E-state index contributed by atoms with van der Waals surface area (Å²) in [5, 5.41) is 22.0. The van der Waals surface area contributed by atoms with Crippen molar-refractivity contribution in [2.75, 3.05) is 12.8 Å². The third-order valence-electron chi connectivity index (χ3n) is 4.76. The van der Waals surface area contributed by atoms with E-state index in [0.29, 0.717) is 33.5 Å². The maximum Gasteiger partial charge on any atom is 0.206 e. The van der Waals surface area contributed by atoms with Crippen molar-refractivity contribution in [2.24, 2.45) is 0 Å². The van der Waals surface area contributed by atoms with Crippen LogP contribution in [0, 0.1) is 0 Å². The number of rotatable bonds is 5. The summed E-state index contributed by atoms with van der Waals surface area (Å²) in [4.78, 5) is 0. The lowest BCUT2D eigenvalue weighted by Gasteiger charge is -2.22. The highest BCUT2D eigenvalue weighted by Crippen LogP contribution is 2.45. The third kappa shape index (κ3) is 3.43. The molecule has 7 heteroatoms. The molecule has 0 saturated carbocycles. The first-order valence-electron chi connectivity index (χ1n) is 8.53. The van der Waals surface area contributed by atoms with Crippen molar-refractivity contribution < 1.29 is 14.9 Å². The number of benzene rings is 1. The maximum absolute atomic E-state index is 10.6. The monoisotopic (exact) mass is 413 g/mol. The lowest BCUT2D eigenvalue weighted by molar-refractivity contribution is 0.302. The van der Waals surface area contributed by atoms with Gasteiger partial charge in [0.2, 0.25) is 11.8 Å². The van der Waals surface area contributed by atoms with Crippen molar-refractivity contribution in [3.63, 3.8) is 0 Å². The minimum absolute atomic E-state index is 0.00336. The molecular weight excluding hydrogens is 392 g/mol. The molecule has 0 radical (unpaired) electrons. The van der Waals surface area contributed by atoms with E-state index in [4.69, 9.17) is 27.9 Å². The van der Waals surface area contributed by atoms with Gasteiger partial charge >= 0.3 is 0 Å². The van der Waals surface area contributed by atoms with Crippen LogP contribution in [0.4, 0.5) is 0 Å². The summed E-state index contributed by atoms with van der Waals surface area (Å²) >= 11 is 12.7. The molecular formula is C19H22Cl2NO3P. The Morgan fingerprint density at radius 2 is 1.96 bits per heavy atom. The zero-order valence-corrected chi connectivity index (χ0v) is 17.4. The van der Waals surface area contributed by atoms with Crippen LogP contribution in [0.2, 0.25) is 10.0 Å². The number of allylic oxidation sites excluding steroid dienone is 1. The van der Waals surface area contributed by atoms with Gasteiger partial charge in [0.15, 0.2) is 0 Å². The smallest absolute Gasteiger partial charge is 0.206 e. The van der Waals surface area contributed by atoms with E-state index < -0.39 is 0 Å². The Labute approximate surface area is 164 Å². The molecule has 3 rings (SSSR count). The topological polar surface area (TPSA) is 54.6 Å². The number of hydrogen-bond acceptors (Lipinski definition) is 3. The molecule has 0 aliphatic heterocycles. The van der Waals surface area contributed by atoms with Crippen LogP contribution >= 0.6 is 31.1 Å². The number of halogens is 2. The van der Waals surface area contributed by atoms with Crippen molar-refractivity contribution in [3.05, 3.63) is 39.4 Å². The summed E-state index contributed by atoms with van der Waals surface area (Å²) < 4.78 is 7.40. The Balaban J connectivity index is 2.08. The molecule has 1 aromatic carbocycles. The fourth-order valence-electron chi connectivity index (χ4n) is 3.00. The van der Waals surface area contributed by atoms with Crippen molar-refractivity contribution in [1.29, 1.82) is 0 Å². The molecule has 0 amide bonds. The number of ether oxygens (including phenoxy) is 1. The zero-order chi connectivity index (χ0) is 19.0. The largest absolute Gasteiger partial charge is 0.494 e. The van der Waals surface area contributed by atoms with E-state index in [2.05, 4.69) is 13.6 Å². The molecule has 0 fully saturated rings. The Bertz CT molecular complexity index is 863. The van der Waals surface area contributed by atoms with Crippen LogP contribution in [-0.4, -0.2) is 33.5 Å². The average molecular weight is 414 g/mol. The van der Waals surface area contributed by atoms with Crippen LogP contribution in [0.15, 0.2) is 18.2 Å². The average Bonchev–Trinajstić information content (AvgIpc) is 2.88. The highest BCUT2D eigenvalue weighted by molar-refractivity contribution is 7.57. The Kier molecular flexibility index (Phi) is 5.76. The summed E-state index contributed by atoms with van der Waals surface area (Å²) in [6.45, 7) is 6.33. The fourth-order valence-corrected chi connectivity index (χ4v) is 4.32. The number of aromatic nitrogens is 1. The second-order valence-corrected chi connectivity index (χ2v) is 10.0. The van der Waals surface area contributed by atoms with Crippen molar-refractivity contribution in [3.8, 4) is 23.2 Å². The molecule has 0 saturated heterocycles. The van der Waals surface area contributed by atoms with E-state index >= 15 is 0 Å². The van der Waals surface area contributed by atoms with Gasteiger partial charge in [-0.25, -0.2) is 4.57 Å². The molecule has 2 N–H and O–H groups in total. The second-order valence-electron chi connectivity index (χ2n) is 6.34. The molecule has 2 atom stereocenters. The fraction of sp³-hybridized carbons (Fsp3) is 0.368. The summed E-state index contributed by atoms with van der Waals surface area (Å²) in [6, 6.07) is 3.26. The summed E-state index contributed by atoms with van der Waals surface area (Å²) in [6.07, 6.45) is 6.33. The van der Waals surface area contributed by atoms with Gasteiger partial charge in [-0.05, 0) is 38.7 Å². The van der Waals surface area contributed by atoms with Crippen LogP contribution in [0.5, 0.6) is 17.5 Å². The van der Waals surface area contributed by atoms with Gasteiger partial charge in [-0.1, -0.05) is 50.2 Å². The molecule has 4 nitrogen and oxygen atoms in total. The van der Waals surface area contributed by atoms with E-state index in [1.165, 1.54) is 4.57 Å². The van der Waals surface area contributed by atoms with E-state index in [1.54, 1.807) is 12.1 Å². The summed E-state index contributed by atoms with van der Waals surface area (Å²) in [5.41, 5.74) is 1.78. The minimum Gasteiger partial charge on any atom is -0.494 e. The van der Waals surface area contributed by atoms with Gasteiger partial charge in [0.1, 0.15) is 11.6 Å². The van der Waals surface area contributed by atoms with E-state index in [1.807, 2.05) is 19.1 Å². The van der Waals surface area contributed by atoms with E-state index in [9.17, 15) is 10.2 Å². The Morgan fingerprint density at radius 3 is 2.62 bits per heavy atom. The highest BCUT2D eigenvalue weighted by atomic mass is 35.5. The normalized spacial score (nSPS) is 15.6. The number of fused-ring (bicyclic) bond motifs is 1. The molecule has 0 bridgehead atoms. The lowest BCUT2D eigenvalue weighted by atomic mass is 10.0. The van der Waals surface area contributed by atoms with Gasteiger partial charge in [-0.2, -0.15) is 0 Å². The van der Waals surface area contributed by atoms with Crippen LogP contribution in [0.25, 0.3) is 11.8 Å². The number of hydrogen-bond donors (Lipinski definition) is 2. The molecule has 0 spiro atoms. The highest BCUT2D eigenvalue weighted by Gasteiger charge is 2.25. The predicted molar refractivity (Wildman–Crippen MR) is 110 cm³/mol. The molecule has 1 aliphatic rings. The second kappa shape index (κ2) is 7.72. The first-order valence-corrected chi connectivity index (χ1v) is 11.3. The maximum atomic E-state index is 10.6. The van der Waals surface area contributed by atoms with Crippen molar-refractivity contribution in [1.82, 2.24) is 4.57 Å². The number of aromatic hydroxyl groups is 2. The SMILES string of the molecule is CCP(C)C(C)Oc1cc(-n2c(O)c3c(c2O)CCC=C3)c(Cl)cc1Cl. The molecule has 1 aliphatic carbocycles. The standard InChI is InChI=1S/C19H22Cl2NO3P/c1-4-26(3)11(2)25-17-10-16(14(20)9-15(17)21)22-18(23)12-7-5-6-8-13(12)19(22)24/h5,7,9-11,23-24H,4,6,8H2,1-3H3. The van der Waals surface area contributed by atoms with Gasteiger partial charge in [-0.3, -0.25) is 0 Å². The van der Waals surface area contributed by atoms with Gasteiger partial charge in [-0.15, -0.1) is 0 Å².